The monoisotopic (exact) mass is 244 g/mol. The summed E-state index contributed by atoms with van der Waals surface area (Å²) in [6.07, 6.45) is 1.89. The Morgan fingerprint density at radius 2 is 2.31 bits per heavy atom. The van der Waals surface area contributed by atoms with E-state index in [1.165, 1.54) is 11.2 Å². The lowest BCUT2D eigenvalue weighted by molar-refractivity contribution is 0.557. The molecule has 92 valence electrons. The molecule has 0 aromatic carbocycles. The van der Waals surface area contributed by atoms with Crippen molar-refractivity contribution in [3.8, 4) is 0 Å². The zero-order valence-electron chi connectivity index (χ0n) is 10.1. The number of rotatable bonds is 7. The minimum Gasteiger partial charge on any atom is -0.271 e. The minimum absolute atomic E-state index is 0.197. The highest BCUT2D eigenvalue weighted by Crippen LogP contribution is 2.15. The Labute approximate surface area is 100 Å². The van der Waals surface area contributed by atoms with Gasteiger partial charge >= 0.3 is 0 Å². The molecule has 16 heavy (non-hydrogen) atoms. The largest absolute Gasteiger partial charge is 0.271 e. The molecule has 0 aliphatic carbocycles. The summed E-state index contributed by atoms with van der Waals surface area (Å²) in [4.78, 5) is 1.46. The first kappa shape index (κ1) is 13.4. The topological polar surface area (TPSA) is 81.7 Å². The summed E-state index contributed by atoms with van der Waals surface area (Å²) in [5.74, 6) is 7.20. The van der Waals surface area contributed by atoms with Crippen LogP contribution < -0.4 is 11.3 Å². The van der Waals surface area contributed by atoms with Crippen molar-refractivity contribution >= 4 is 11.8 Å². The number of aromatic nitrogens is 4. The zero-order chi connectivity index (χ0) is 12.0. The molecule has 1 aromatic rings. The zero-order valence-corrected chi connectivity index (χ0v) is 10.9. The van der Waals surface area contributed by atoms with E-state index in [9.17, 15) is 0 Å². The van der Waals surface area contributed by atoms with Crippen LogP contribution in [-0.2, 0) is 13.5 Å². The highest BCUT2D eigenvalue weighted by molar-refractivity contribution is 7.99. The second kappa shape index (κ2) is 6.82. The van der Waals surface area contributed by atoms with Crippen molar-refractivity contribution in [3.63, 3.8) is 0 Å². The molecule has 0 amide bonds. The van der Waals surface area contributed by atoms with E-state index >= 15 is 0 Å². The van der Waals surface area contributed by atoms with Gasteiger partial charge in [-0.1, -0.05) is 13.8 Å². The van der Waals surface area contributed by atoms with Crippen molar-refractivity contribution in [1.29, 1.82) is 0 Å². The Morgan fingerprint density at radius 3 is 2.81 bits per heavy atom. The number of nitrogens with one attached hydrogen (secondary N) is 1. The van der Waals surface area contributed by atoms with Gasteiger partial charge in [-0.15, -0.1) is 10.2 Å². The van der Waals surface area contributed by atoms with Crippen LogP contribution in [0.25, 0.3) is 0 Å². The van der Waals surface area contributed by atoms with Crippen LogP contribution >= 0.6 is 11.8 Å². The summed E-state index contributed by atoms with van der Waals surface area (Å²) in [6, 6.07) is 0.197. The van der Waals surface area contributed by atoms with E-state index in [1.54, 1.807) is 7.05 Å². The van der Waals surface area contributed by atoms with Gasteiger partial charge in [0.2, 0.25) is 0 Å². The van der Waals surface area contributed by atoms with Gasteiger partial charge in [-0.2, -0.15) is 16.6 Å². The van der Waals surface area contributed by atoms with Gasteiger partial charge in [0.1, 0.15) is 0 Å². The molecule has 1 heterocycles. The molecule has 0 aliphatic heterocycles. The van der Waals surface area contributed by atoms with E-state index in [0.29, 0.717) is 11.7 Å². The third-order valence-electron chi connectivity index (χ3n) is 2.37. The fourth-order valence-corrected chi connectivity index (χ4v) is 2.20. The van der Waals surface area contributed by atoms with Gasteiger partial charge in [-0.25, -0.2) is 0 Å². The Kier molecular flexibility index (Phi) is 5.72. The summed E-state index contributed by atoms with van der Waals surface area (Å²) in [5.41, 5.74) is 2.80. The highest BCUT2D eigenvalue weighted by Gasteiger charge is 2.12. The number of nitrogens with zero attached hydrogens (tertiary/aromatic N) is 4. The van der Waals surface area contributed by atoms with E-state index in [4.69, 9.17) is 5.84 Å². The molecule has 0 spiro atoms. The smallest absolute Gasteiger partial charge is 0.176 e. The van der Waals surface area contributed by atoms with E-state index in [2.05, 4.69) is 34.7 Å². The van der Waals surface area contributed by atoms with E-state index < -0.39 is 0 Å². The normalized spacial score (nSPS) is 15.0. The lowest BCUT2D eigenvalue weighted by Crippen LogP contribution is -2.39. The van der Waals surface area contributed by atoms with Crippen molar-refractivity contribution < 1.29 is 0 Å². The molecular formula is C9H20N6S. The summed E-state index contributed by atoms with van der Waals surface area (Å²) in [6.45, 7) is 4.41. The lowest BCUT2D eigenvalue weighted by Gasteiger charge is -2.15. The van der Waals surface area contributed by atoms with Crippen molar-refractivity contribution in [2.24, 2.45) is 12.9 Å². The number of tetrazole rings is 1. The van der Waals surface area contributed by atoms with Crippen molar-refractivity contribution in [2.75, 3.05) is 5.75 Å². The van der Waals surface area contributed by atoms with Gasteiger partial charge in [0, 0.05) is 23.5 Å². The van der Waals surface area contributed by atoms with Crippen LogP contribution in [0.15, 0.2) is 0 Å². The average Bonchev–Trinajstić information content (AvgIpc) is 2.69. The van der Waals surface area contributed by atoms with Crippen LogP contribution in [0.2, 0.25) is 0 Å². The molecular weight excluding hydrogens is 224 g/mol. The number of hydrogen-bond donors (Lipinski definition) is 2. The summed E-state index contributed by atoms with van der Waals surface area (Å²) < 4.78 is 0. The number of aryl methyl sites for hydroxylation is 1. The summed E-state index contributed by atoms with van der Waals surface area (Å²) in [7, 11) is 1.76. The maximum absolute atomic E-state index is 5.51. The third-order valence-corrected chi connectivity index (χ3v) is 3.87. The van der Waals surface area contributed by atoms with Crippen molar-refractivity contribution in [1.82, 2.24) is 25.6 Å². The lowest BCUT2D eigenvalue weighted by atomic mass is 10.2. The molecule has 0 aliphatic rings. The molecule has 1 rings (SSSR count). The molecule has 7 heteroatoms. The Hall–Kier alpha value is -0.660. The SMILES string of the molecule is CCC(C)SCC(Cc1nnn(C)n1)NN. The first-order valence-electron chi connectivity index (χ1n) is 5.46. The van der Waals surface area contributed by atoms with Gasteiger partial charge in [-0.05, 0) is 11.6 Å². The number of nitrogens with two attached hydrogens (primary N) is 1. The standard InChI is InChI=1S/C9H20N6S/c1-4-7(2)16-6-8(11-10)5-9-12-14-15(3)13-9/h7-8,11H,4-6,10H2,1-3H3. The maximum Gasteiger partial charge on any atom is 0.176 e. The number of hydrogen-bond acceptors (Lipinski definition) is 6. The Balaban J connectivity index is 2.37. The molecule has 0 radical (unpaired) electrons. The van der Waals surface area contributed by atoms with E-state index in [0.717, 1.165) is 11.6 Å². The van der Waals surface area contributed by atoms with Crippen LogP contribution in [0, 0.1) is 0 Å². The third kappa shape index (κ3) is 4.46. The summed E-state index contributed by atoms with van der Waals surface area (Å²) in [5, 5.41) is 12.5. The van der Waals surface area contributed by atoms with Gasteiger partial charge in [0.15, 0.2) is 5.82 Å². The average molecular weight is 244 g/mol. The molecule has 2 unspecified atom stereocenters. The van der Waals surface area contributed by atoms with Crippen LogP contribution in [0.3, 0.4) is 0 Å². The molecule has 0 saturated heterocycles. The van der Waals surface area contributed by atoms with Crippen molar-refractivity contribution in [2.45, 2.75) is 38.0 Å². The van der Waals surface area contributed by atoms with Crippen LogP contribution in [0.5, 0.6) is 0 Å². The van der Waals surface area contributed by atoms with Gasteiger partial charge in [0.25, 0.3) is 0 Å². The predicted molar refractivity (Wildman–Crippen MR) is 65.8 cm³/mol. The fraction of sp³-hybridized carbons (Fsp3) is 0.889. The van der Waals surface area contributed by atoms with Gasteiger partial charge in [-0.3, -0.25) is 11.3 Å². The minimum atomic E-state index is 0.197. The second-order valence-electron chi connectivity index (χ2n) is 3.82. The van der Waals surface area contributed by atoms with Crippen LogP contribution in [0.4, 0.5) is 0 Å². The Bertz CT molecular complexity index is 302. The maximum atomic E-state index is 5.51. The van der Waals surface area contributed by atoms with Crippen LogP contribution in [-0.4, -0.2) is 37.3 Å². The predicted octanol–water partition coefficient (Wildman–Crippen LogP) is 0.116. The first-order chi connectivity index (χ1) is 7.65. The fourth-order valence-electron chi connectivity index (χ4n) is 1.19. The number of hydrazine groups is 1. The first-order valence-corrected chi connectivity index (χ1v) is 6.51. The highest BCUT2D eigenvalue weighted by atomic mass is 32.2. The van der Waals surface area contributed by atoms with Gasteiger partial charge < -0.3 is 0 Å². The number of thioether (sulfide) groups is 1. The molecule has 6 nitrogen and oxygen atoms in total. The van der Waals surface area contributed by atoms with Crippen molar-refractivity contribution in [3.05, 3.63) is 5.82 Å². The second-order valence-corrected chi connectivity index (χ2v) is 5.29. The Morgan fingerprint density at radius 1 is 1.56 bits per heavy atom. The quantitative estimate of drug-likeness (QED) is 0.523. The molecule has 0 fully saturated rings. The molecule has 0 saturated carbocycles. The van der Waals surface area contributed by atoms with E-state index in [1.807, 2.05) is 11.8 Å². The van der Waals surface area contributed by atoms with Crippen LogP contribution in [0.1, 0.15) is 26.1 Å². The molecule has 1 aromatic heterocycles. The molecule has 0 bridgehead atoms. The van der Waals surface area contributed by atoms with Gasteiger partial charge in [0.05, 0.1) is 7.05 Å². The summed E-state index contributed by atoms with van der Waals surface area (Å²) >= 11 is 1.91. The molecule has 2 atom stereocenters. The molecule has 3 N–H and O–H groups in total. The van der Waals surface area contributed by atoms with E-state index in [-0.39, 0.29) is 6.04 Å².